The number of aliphatic hydroxyl groups excluding tert-OH is 1. The van der Waals surface area contributed by atoms with Crippen molar-refractivity contribution in [3.05, 3.63) is 34.9 Å². The predicted molar refractivity (Wildman–Crippen MR) is 74.9 cm³/mol. The molecular formula is C16H26O. The van der Waals surface area contributed by atoms with Gasteiger partial charge in [-0.3, -0.25) is 0 Å². The van der Waals surface area contributed by atoms with Crippen LogP contribution in [-0.4, -0.2) is 11.7 Å². The standard InChI is InChI=1S/C16H26O/c1-12(11-17)7-6-8-15-13(2)9-16(4,5)10-14(15)3/h7,17H,2,6,8-11H2,1,3-5H3/b12-7-. The van der Waals surface area contributed by atoms with Crippen LogP contribution >= 0.6 is 0 Å². The van der Waals surface area contributed by atoms with E-state index in [-0.39, 0.29) is 6.61 Å². The summed E-state index contributed by atoms with van der Waals surface area (Å²) in [5, 5.41) is 8.95. The second kappa shape index (κ2) is 5.68. The second-order valence-electron chi connectivity index (χ2n) is 6.13. The zero-order valence-electron chi connectivity index (χ0n) is 11.8. The first-order chi connectivity index (χ1) is 7.85. The van der Waals surface area contributed by atoms with Gasteiger partial charge in [-0.1, -0.05) is 43.2 Å². The Labute approximate surface area is 106 Å². The third-order valence-electron chi connectivity index (χ3n) is 3.51. The van der Waals surface area contributed by atoms with Gasteiger partial charge in [0.25, 0.3) is 0 Å². The summed E-state index contributed by atoms with van der Waals surface area (Å²) in [6, 6.07) is 0. The van der Waals surface area contributed by atoms with Crippen molar-refractivity contribution in [2.24, 2.45) is 5.41 Å². The maximum Gasteiger partial charge on any atom is 0.0639 e. The number of rotatable bonds is 4. The highest BCUT2D eigenvalue weighted by atomic mass is 16.3. The summed E-state index contributed by atoms with van der Waals surface area (Å²) in [5.41, 5.74) is 5.72. The van der Waals surface area contributed by atoms with Gasteiger partial charge < -0.3 is 5.11 Å². The Morgan fingerprint density at radius 1 is 1.41 bits per heavy atom. The normalized spacial score (nSPS) is 21.0. The maximum absolute atomic E-state index is 8.95. The highest BCUT2D eigenvalue weighted by molar-refractivity contribution is 5.37. The summed E-state index contributed by atoms with van der Waals surface area (Å²) >= 11 is 0. The van der Waals surface area contributed by atoms with Crippen molar-refractivity contribution in [3.8, 4) is 0 Å². The lowest BCUT2D eigenvalue weighted by atomic mass is 9.72. The molecule has 1 heteroatoms. The average molecular weight is 234 g/mol. The van der Waals surface area contributed by atoms with E-state index < -0.39 is 0 Å². The quantitative estimate of drug-likeness (QED) is 0.715. The van der Waals surface area contributed by atoms with Crippen molar-refractivity contribution in [1.29, 1.82) is 0 Å². The van der Waals surface area contributed by atoms with Crippen LogP contribution in [0.5, 0.6) is 0 Å². The molecule has 0 saturated heterocycles. The van der Waals surface area contributed by atoms with Crippen LogP contribution in [-0.2, 0) is 0 Å². The number of hydrogen-bond acceptors (Lipinski definition) is 1. The zero-order valence-corrected chi connectivity index (χ0v) is 11.8. The van der Waals surface area contributed by atoms with Crippen LogP contribution in [0.15, 0.2) is 34.9 Å². The van der Waals surface area contributed by atoms with E-state index in [9.17, 15) is 0 Å². The molecule has 0 amide bonds. The molecular weight excluding hydrogens is 208 g/mol. The van der Waals surface area contributed by atoms with Gasteiger partial charge >= 0.3 is 0 Å². The van der Waals surface area contributed by atoms with Gasteiger partial charge in [0, 0.05) is 0 Å². The summed E-state index contributed by atoms with van der Waals surface area (Å²) < 4.78 is 0. The fraction of sp³-hybridized carbons (Fsp3) is 0.625. The molecule has 1 nitrogen and oxygen atoms in total. The van der Waals surface area contributed by atoms with Crippen LogP contribution in [0.25, 0.3) is 0 Å². The van der Waals surface area contributed by atoms with E-state index in [2.05, 4.69) is 33.4 Å². The molecule has 0 fully saturated rings. The molecule has 1 aliphatic rings. The summed E-state index contributed by atoms with van der Waals surface area (Å²) in [7, 11) is 0. The van der Waals surface area contributed by atoms with Gasteiger partial charge in [-0.05, 0) is 50.5 Å². The molecule has 0 heterocycles. The van der Waals surface area contributed by atoms with Crippen molar-refractivity contribution in [2.45, 2.75) is 53.4 Å². The molecule has 0 atom stereocenters. The van der Waals surface area contributed by atoms with Crippen LogP contribution in [0.1, 0.15) is 53.4 Å². The zero-order chi connectivity index (χ0) is 13.1. The van der Waals surface area contributed by atoms with Gasteiger partial charge in [-0.25, -0.2) is 0 Å². The SMILES string of the molecule is C=C1CC(C)(C)CC(C)=C1CC/C=C(/C)CO. The third-order valence-corrected chi connectivity index (χ3v) is 3.51. The largest absolute Gasteiger partial charge is 0.392 e. The van der Waals surface area contributed by atoms with Gasteiger partial charge in [-0.2, -0.15) is 0 Å². The molecule has 1 rings (SSSR count). The second-order valence-corrected chi connectivity index (χ2v) is 6.13. The summed E-state index contributed by atoms with van der Waals surface area (Å²) in [5.74, 6) is 0. The Morgan fingerprint density at radius 3 is 2.59 bits per heavy atom. The molecule has 0 aromatic heterocycles. The molecule has 0 unspecified atom stereocenters. The lowest BCUT2D eigenvalue weighted by Crippen LogP contribution is -2.19. The monoisotopic (exact) mass is 234 g/mol. The summed E-state index contributed by atoms with van der Waals surface area (Å²) in [6.45, 7) is 13.2. The van der Waals surface area contributed by atoms with Gasteiger partial charge in [0.2, 0.25) is 0 Å². The van der Waals surface area contributed by atoms with E-state index in [0.29, 0.717) is 5.41 Å². The minimum absolute atomic E-state index is 0.173. The minimum atomic E-state index is 0.173. The number of allylic oxidation sites excluding steroid dienone is 4. The molecule has 17 heavy (non-hydrogen) atoms. The molecule has 0 spiro atoms. The Balaban J connectivity index is 2.67. The lowest BCUT2D eigenvalue weighted by Gasteiger charge is -2.33. The van der Waals surface area contributed by atoms with Crippen molar-refractivity contribution in [2.75, 3.05) is 6.61 Å². The molecule has 1 N–H and O–H groups in total. The van der Waals surface area contributed by atoms with Crippen LogP contribution in [0.3, 0.4) is 0 Å². The first-order valence-corrected chi connectivity index (χ1v) is 6.49. The van der Waals surface area contributed by atoms with E-state index in [1.54, 1.807) is 0 Å². The fourth-order valence-electron chi connectivity index (χ4n) is 2.79. The van der Waals surface area contributed by atoms with Crippen LogP contribution in [0, 0.1) is 5.41 Å². The van der Waals surface area contributed by atoms with E-state index in [1.807, 2.05) is 6.92 Å². The molecule has 0 saturated carbocycles. The molecule has 0 aliphatic heterocycles. The van der Waals surface area contributed by atoms with Crippen LogP contribution in [0.2, 0.25) is 0 Å². The average Bonchev–Trinajstić information content (AvgIpc) is 2.20. The van der Waals surface area contributed by atoms with Gasteiger partial charge in [0.15, 0.2) is 0 Å². The number of aliphatic hydroxyl groups is 1. The van der Waals surface area contributed by atoms with E-state index >= 15 is 0 Å². The summed E-state index contributed by atoms with van der Waals surface area (Å²) in [6.07, 6.45) is 6.51. The van der Waals surface area contributed by atoms with Crippen LogP contribution in [0.4, 0.5) is 0 Å². The molecule has 1 aliphatic carbocycles. The molecule has 0 bridgehead atoms. The smallest absolute Gasteiger partial charge is 0.0639 e. The topological polar surface area (TPSA) is 20.2 Å². The van der Waals surface area contributed by atoms with Gasteiger partial charge in [0.1, 0.15) is 0 Å². The third kappa shape index (κ3) is 4.16. The van der Waals surface area contributed by atoms with E-state index in [0.717, 1.165) is 24.8 Å². The summed E-state index contributed by atoms with van der Waals surface area (Å²) in [4.78, 5) is 0. The highest BCUT2D eigenvalue weighted by Crippen LogP contribution is 2.42. The lowest BCUT2D eigenvalue weighted by molar-refractivity contribution is 0.331. The first kappa shape index (κ1) is 14.2. The first-order valence-electron chi connectivity index (χ1n) is 6.49. The Morgan fingerprint density at radius 2 is 2.06 bits per heavy atom. The van der Waals surface area contributed by atoms with Crippen molar-refractivity contribution in [3.63, 3.8) is 0 Å². The highest BCUT2D eigenvalue weighted by Gasteiger charge is 2.26. The van der Waals surface area contributed by atoms with E-state index in [4.69, 9.17) is 5.11 Å². The molecule has 96 valence electrons. The van der Waals surface area contributed by atoms with Crippen molar-refractivity contribution >= 4 is 0 Å². The van der Waals surface area contributed by atoms with Gasteiger partial charge in [-0.15, -0.1) is 0 Å². The van der Waals surface area contributed by atoms with Gasteiger partial charge in [0.05, 0.1) is 6.61 Å². The maximum atomic E-state index is 8.95. The van der Waals surface area contributed by atoms with Crippen LogP contribution < -0.4 is 0 Å². The molecule has 0 aromatic rings. The van der Waals surface area contributed by atoms with Crippen molar-refractivity contribution in [1.82, 2.24) is 0 Å². The van der Waals surface area contributed by atoms with E-state index in [1.165, 1.54) is 23.1 Å². The molecule has 0 radical (unpaired) electrons. The minimum Gasteiger partial charge on any atom is -0.392 e. The Kier molecular flexibility index (Phi) is 4.76. The predicted octanol–water partition coefficient (Wildman–Crippen LogP) is 4.40. The van der Waals surface area contributed by atoms with Crippen molar-refractivity contribution < 1.29 is 5.11 Å². The number of hydrogen-bond donors (Lipinski definition) is 1. The fourth-order valence-corrected chi connectivity index (χ4v) is 2.79. The molecule has 0 aromatic carbocycles. The Hall–Kier alpha value is -0.820. The Bertz CT molecular complexity index is 356.